The average molecular weight is 251 g/mol. The highest BCUT2D eigenvalue weighted by molar-refractivity contribution is 6.32. The van der Waals surface area contributed by atoms with Crippen molar-refractivity contribution >= 4 is 17.4 Å². The summed E-state index contributed by atoms with van der Waals surface area (Å²) in [5, 5.41) is 0.758. The van der Waals surface area contributed by atoms with Crippen LogP contribution in [-0.2, 0) is 6.42 Å². The summed E-state index contributed by atoms with van der Waals surface area (Å²) >= 11 is 6.30. The summed E-state index contributed by atoms with van der Waals surface area (Å²) < 4.78 is 0. The van der Waals surface area contributed by atoms with Gasteiger partial charge in [-0.1, -0.05) is 25.4 Å². The Morgan fingerprint density at radius 1 is 1.29 bits per heavy atom. The number of carbonyl (C=O) groups is 1. The van der Waals surface area contributed by atoms with Crippen LogP contribution in [0.15, 0.2) is 6.07 Å². The van der Waals surface area contributed by atoms with Crippen LogP contribution in [0.2, 0.25) is 5.02 Å². The molecule has 0 N–H and O–H groups in total. The number of Topliss-reactive ketones (excluding diaryl/α,β-unsaturated/α-hetero) is 1. The molecule has 0 bridgehead atoms. The predicted octanol–water partition coefficient (Wildman–Crippen LogP) is 4.50. The first-order chi connectivity index (χ1) is 7.82. The van der Waals surface area contributed by atoms with Gasteiger partial charge in [-0.3, -0.25) is 4.79 Å². The summed E-state index contributed by atoms with van der Waals surface area (Å²) in [4.78, 5) is 12.4. The number of hydrogen-bond acceptors (Lipinski definition) is 1. The van der Waals surface area contributed by atoms with Crippen molar-refractivity contribution in [2.75, 3.05) is 0 Å². The van der Waals surface area contributed by atoms with Gasteiger partial charge in [0.2, 0.25) is 0 Å². The molecule has 0 aromatic heterocycles. The third-order valence-corrected chi connectivity index (χ3v) is 4.21. The van der Waals surface area contributed by atoms with Crippen LogP contribution in [0.5, 0.6) is 0 Å². The summed E-state index contributed by atoms with van der Waals surface area (Å²) in [6.07, 6.45) is 2.56. The molecule has 2 heteroatoms. The van der Waals surface area contributed by atoms with E-state index in [2.05, 4.69) is 13.8 Å². The molecule has 0 saturated carbocycles. The third kappa shape index (κ3) is 2.26. The Morgan fingerprint density at radius 2 is 1.94 bits per heavy atom. The number of benzene rings is 1. The lowest BCUT2D eigenvalue weighted by molar-refractivity contribution is 0.0933. The van der Waals surface area contributed by atoms with Crippen LogP contribution in [0.25, 0.3) is 0 Å². The first-order valence-corrected chi connectivity index (χ1v) is 6.51. The van der Waals surface area contributed by atoms with Gasteiger partial charge in [-0.05, 0) is 54.9 Å². The van der Waals surface area contributed by atoms with Gasteiger partial charge in [0.05, 0.1) is 0 Å². The fourth-order valence-electron chi connectivity index (χ4n) is 2.63. The van der Waals surface area contributed by atoms with Gasteiger partial charge in [-0.15, -0.1) is 0 Å². The first-order valence-electron chi connectivity index (χ1n) is 6.13. The van der Waals surface area contributed by atoms with E-state index in [1.54, 1.807) is 0 Å². The minimum atomic E-state index is 0.0831. The molecule has 0 radical (unpaired) electrons. The molecule has 1 aromatic rings. The highest BCUT2D eigenvalue weighted by Crippen LogP contribution is 2.38. The van der Waals surface area contributed by atoms with E-state index < -0.39 is 0 Å². The van der Waals surface area contributed by atoms with Gasteiger partial charge in [-0.25, -0.2) is 0 Å². The fourth-order valence-corrected chi connectivity index (χ4v) is 2.98. The maximum Gasteiger partial charge on any atom is 0.164 e. The van der Waals surface area contributed by atoms with Gasteiger partial charge in [0.1, 0.15) is 0 Å². The van der Waals surface area contributed by atoms with E-state index in [1.807, 2.05) is 19.9 Å². The van der Waals surface area contributed by atoms with Crippen LogP contribution in [0.4, 0.5) is 0 Å². The highest BCUT2D eigenvalue weighted by atomic mass is 35.5. The van der Waals surface area contributed by atoms with Gasteiger partial charge in [0.25, 0.3) is 0 Å². The molecule has 17 heavy (non-hydrogen) atoms. The van der Waals surface area contributed by atoms with Crippen molar-refractivity contribution in [3.05, 3.63) is 33.3 Å². The Kier molecular flexibility index (Phi) is 3.07. The molecular weight excluding hydrogens is 232 g/mol. The number of ketones is 1. The summed E-state index contributed by atoms with van der Waals surface area (Å²) in [5.74, 6) is 0.255. The second kappa shape index (κ2) is 4.13. The van der Waals surface area contributed by atoms with E-state index in [9.17, 15) is 4.79 Å². The largest absolute Gasteiger partial charge is 0.294 e. The maximum absolute atomic E-state index is 12.4. The highest BCUT2D eigenvalue weighted by Gasteiger charge is 2.30. The van der Waals surface area contributed by atoms with Crippen molar-refractivity contribution in [3.63, 3.8) is 0 Å². The molecule has 1 nitrogen and oxygen atoms in total. The summed E-state index contributed by atoms with van der Waals surface area (Å²) in [6, 6.07) is 1.99. The molecule has 0 saturated heterocycles. The monoisotopic (exact) mass is 250 g/mol. The van der Waals surface area contributed by atoms with Gasteiger partial charge in [-0.2, -0.15) is 0 Å². The van der Waals surface area contributed by atoms with Crippen LogP contribution >= 0.6 is 11.6 Å². The Bertz CT molecular complexity index is 486. The summed E-state index contributed by atoms with van der Waals surface area (Å²) in [6.45, 7) is 8.37. The molecule has 0 amide bonds. The number of rotatable bonds is 0. The Labute approximate surface area is 108 Å². The maximum atomic E-state index is 12.4. The molecule has 1 aromatic carbocycles. The zero-order valence-electron chi connectivity index (χ0n) is 11.0. The SMILES string of the molecule is Cc1cc(Cl)c2c(c1C)C(=O)CC(C)(C)CC2. The van der Waals surface area contributed by atoms with Crippen molar-refractivity contribution in [2.24, 2.45) is 5.41 Å². The third-order valence-electron chi connectivity index (χ3n) is 3.87. The van der Waals surface area contributed by atoms with Gasteiger partial charge >= 0.3 is 0 Å². The van der Waals surface area contributed by atoms with Crippen LogP contribution in [0.3, 0.4) is 0 Å². The van der Waals surface area contributed by atoms with Crippen molar-refractivity contribution in [3.8, 4) is 0 Å². The number of halogens is 1. The van der Waals surface area contributed by atoms with E-state index in [4.69, 9.17) is 11.6 Å². The van der Waals surface area contributed by atoms with E-state index in [1.165, 1.54) is 0 Å². The molecule has 1 aliphatic carbocycles. The van der Waals surface area contributed by atoms with E-state index in [0.717, 1.165) is 40.1 Å². The van der Waals surface area contributed by atoms with Gasteiger partial charge in [0, 0.05) is 17.0 Å². The minimum absolute atomic E-state index is 0.0831. The quantitative estimate of drug-likeness (QED) is 0.620. The lowest BCUT2D eigenvalue weighted by atomic mass is 9.84. The minimum Gasteiger partial charge on any atom is -0.294 e. The summed E-state index contributed by atoms with van der Waals surface area (Å²) in [5.41, 5.74) is 4.25. The van der Waals surface area contributed by atoms with Crippen LogP contribution in [0, 0.1) is 19.3 Å². The van der Waals surface area contributed by atoms with Gasteiger partial charge in [0.15, 0.2) is 5.78 Å². The molecule has 2 rings (SSSR count). The number of carbonyl (C=O) groups excluding carboxylic acids is 1. The lowest BCUT2D eigenvalue weighted by Gasteiger charge is -2.20. The summed E-state index contributed by atoms with van der Waals surface area (Å²) in [7, 11) is 0. The normalized spacial score (nSPS) is 18.8. The second-order valence-corrected chi connectivity index (χ2v) is 6.33. The topological polar surface area (TPSA) is 17.1 Å². The molecule has 92 valence electrons. The second-order valence-electron chi connectivity index (χ2n) is 5.92. The molecule has 0 aliphatic heterocycles. The Morgan fingerprint density at radius 3 is 2.59 bits per heavy atom. The zero-order valence-corrected chi connectivity index (χ0v) is 11.7. The molecule has 0 fully saturated rings. The molecule has 0 unspecified atom stereocenters. The smallest absolute Gasteiger partial charge is 0.164 e. The predicted molar refractivity (Wildman–Crippen MR) is 72.0 cm³/mol. The van der Waals surface area contributed by atoms with Crippen LogP contribution < -0.4 is 0 Å². The first kappa shape index (κ1) is 12.6. The van der Waals surface area contributed by atoms with Crippen LogP contribution in [-0.4, -0.2) is 5.78 Å². The molecular formula is C15H19ClO. The molecule has 0 spiro atoms. The van der Waals surface area contributed by atoms with Crippen molar-refractivity contribution < 1.29 is 4.79 Å². The number of fused-ring (bicyclic) bond motifs is 1. The van der Waals surface area contributed by atoms with E-state index >= 15 is 0 Å². The Balaban J connectivity index is 2.63. The number of aryl methyl sites for hydroxylation is 1. The number of hydrogen-bond donors (Lipinski definition) is 0. The standard InChI is InChI=1S/C15H19ClO/c1-9-7-12(16)11-5-6-15(3,4)8-13(17)14(11)10(9)2/h7H,5-6,8H2,1-4H3. The Hall–Kier alpha value is -0.820. The average Bonchev–Trinajstić information content (AvgIpc) is 2.31. The zero-order chi connectivity index (χ0) is 12.8. The molecule has 1 aliphatic rings. The molecule has 0 heterocycles. The van der Waals surface area contributed by atoms with Crippen LogP contribution in [0.1, 0.15) is 53.7 Å². The van der Waals surface area contributed by atoms with Gasteiger partial charge < -0.3 is 0 Å². The van der Waals surface area contributed by atoms with Crippen molar-refractivity contribution in [1.29, 1.82) is 0 Å². The van der Waals surface area contributed by atoms with Crippen molar-refractivity contribution in [2.45, 2.75) is 47.0 Å². The molecule has 0 atom stereocenters. The van der Waals surface area contributed by atoms with Crippen molar-refractivity contribution in [1.82, 2.24) is 0 Å². The van der Waals surface area contributed by atoms with E-state index in [-0.39, 0.29) is 11.2 Å². The lowest BCUT2D eigenvalue weighted by Crippen LogP contribution is -2.15. The van der Waals surface area contributed by atoms with E-state index in [0.29, 0.717) is 6.42 Å². The fraction of sp³-hybridized carbons (Fsp3) is 0.533.